The maximum Gasteiger partial charge on any atom is 0.0735 e. The Labute approximate surface area is 276 Å². The van der Waals surface area contributed by atoms with E-state index in [0.29, 0.717) is 0 Å². The first-order valence-electron chi connectivity index (χ1n) is 15.7. The van der Waals surface area contributed by atoms with E-state index in [1.807, 2.05) is 23.1 Å². The molecule has 0 radical (unpaired) electrons. The summed E-state index contributed by atoms with van der Waals surface area (Å²) in [7, 11) is 0. The van der Waals surface area contributed by atoms with Gasteiger partial charge in [0.15, 0.2) is 0 Å². The third-order valence-electron chi connectivity index (χ3n) is 9.72. The fourth-order valence-corrected chi connectivity index (χ4v) is 10.1. The number of hydrogen-bond donors (Lipinski definition) is 1. The van der Waals surface area contributed by atoms with E-state index in [9.17, 15) is 0 Å². The Morgan fingerprint density at radius 1 is 0.413 bits per heavy atom. The van der Waals surface area contributed by atoms with Crippen LogP contribution in [-0.2, 0) is 5.41 Å². The normalized spacial score (nSPS) is 13.7. The highest BCUT2D eigenvalue weighted by atomic mass is 32.2. The molecule has 0 unspecified atom stereocenters. The summed E-state index contributed by atoms with van der Waals surface area (Å²) in [5.74, 6) is 0. The van der Waals surface area contributed by atoms with Gasteiger partial charge >= 0.3 is 0 Å². The van der Waals surface area contributed by atoms with Gasteiger partial charge in [-0.25, -0.2) is 0 Å². The fourth-order valence-electron chi connectivity index (χ4n) is 7.77. The molecular formula is C43H27NS2. The van der Waals surface area contributed by atoms with Crippen molar-refractivity contribution >= 4 is 54.6 Å². The van der Waals surface area contributed by atoms with Gasteiger partial charge in [0, 0.05) is 41.3 Å². The van der Waals surface area contributed by atoms with Gasteiger partial charge in [0.2, 0.25) is 0 Å². The molecule has 0 amide bonds. The lowest BCUT2D eigenvalue weighted by atomic mass is 9.67. The number of rotatable bonds is 3. The smallest absolute Gasteiger partial charge is 0.0735 e. The lowest BCUT2D eigenvalue weighted by Crippen LogP contribution is -2.31. The van der Waals surface area contributed by atoms with Gasteiger partial charge in [-0.15, -0.1) is 11.3 Å². The zero-order chi connectivity index (χ0) is 30.2. The summed E-state index contributed by atoms with van der Waals surface area (Å²) in [4.78, 5) is 2.62. The number of benzene rings is 7. The molecule has 46 heavy (non-hydrogen) atoms. The van der Waals surface area contributed by atoms with Crippen molar-refractivity contribution in [3.63, 3.8) is 0 Å². The molecule has 1 nitrogen and oxygen atoms in total. The van der Waals surface area contributed by atoms with E-state index in [1.165, 1.54) is 74.5 Å². The van der Waals surface area contributed by atoms with E-state index in [1.54, 1.807) is 0 Å². The molecule has 0 atom stereocenters. The first kappa shape index (κ1) is 26.2. The van der Waals surface area contributed by atoms with Crippen molar-refractivity contribution in [3.8, 4) is 22.3 Å². The maximum atomic E-state index is 3.76. The monoisotopic (exact) mass is 621 g/mol. The summed E-state index contributed by atoms with van der Waals surface area (Å²) in [5.41, 5.74) is 12.5. The van der Waals surface area contributed by atoms with E-state index in [2.05, 4.69) is 163 Å². The molecule has 216 valence electrons. The van der Waals surface area contributed by atoms with Crippen LogP contribution in [0, 0.1) is 0 Å². The van der Waals surface area contributed by atoms with Crippen molar-refractivity contribution in [1.82, 2.24) is 0 Å². The van der Waals surface area contributed by atoms with E-state index in [4.69, 9.17) is 0 Å². The third kappa shape index (κ3) is 3.70. The average molecular weight is 622 g/mol. The Kier molecular flexibility index (Phi) is 5.66. The first-order chi connectivity index (χ1) is 22.8. The minimum Gasteiger partial charge on any atom is -0.355 e. The number of fused-ring (bicyclic) bond motifs is 12. The van der Waals surface area contributed by atoms with Crippen molar-refractivity contribution in [3.05, 3.63) is 180 Å². The molecule has 3 heteroatoms. The highest BCUT2D eigenvalue weighted by Crippen LogP contribution is 2.62. The zero-order valence-electron chi connectivity index (χ0n) is 24.8. The molecule has 1 N–H and O–H groups in total. The van der Waals surface area contributed by atoms with Crippen molar-refractivity contribution in [2.45, 2.75) is 15.2 Å². The Morgan fingerprint density at radius 3 is 1.87 bits per heavy atom. The summed E-state index contributed by atoms with van der Waals surface area (Å²) in [6.07, 6.45) is 0. The molecular weight excluding hydrogens is 595 g/mol. The van der Waals surface area contributed by atoms with Crippen LogP contribution in [0.15, 0.2) is 168 Å². The molecule has 0 saturated heterocycles. The average Bonchev–Trinajstić information content (AvgIpc) is 3.62. The number of anilines is 2. The van der Waals surface area contributed by atoms with Crippen LogP contribution < -0.4 is 5.32 Å². The summed E-state index contributed by atoms with van der Waals surface area (Å²) in [6, 6.07) is 58.2. The van der Waals surface area contributed by atoms with Crippen LogP contribution >= 0.6 is 23.1 Å². The molecule has 0 fully saturated rings. The molecule has 0 saturated carbocycles. The van der Waals surface area contributed by atoms with Crippen LogP contribution in [0.4, 0.5) is 11.4 Å². The van der Waals surface area contributed by atoms with Gasteiger partial charge in [-0.3, -0.25) is 0 Å². The molecule has 7 aromatic carbocycles. The molecule has 1 aliphatic heterocycles. The topological polar surface area (TPSA) is 12.0 Å². The lowest BCUT2D eigenvalue weighted by molar-refractivity contribution is 0.722. The molecule has 1 spiro atoms. The maximum absolute atomic E-state index is 3.76. The number of nitrogens with one attached hydrogen (secondary N) is 1. The molecule has 0 bridgehead atoms. The second kappa shape index (κ2) is 9.95. The van der Waals surface area contributed by atoms with Gasteiger partial charge < -0.3 is 5.32 Å². The van der Waals surface area contributed by atoms with Crippen LogP contribution in [-0.4, -0.2) is 0 Å². The molecule has 1 aromatic heterocycles. The van der Waals surface area contributed by atoms with Gasteiger partial charge in [0.1, 0.15) is 0 Å². The minimum atomic E-state index is -0.336. The second-order valence-corrected chi connectivity index (χ2v) is 14.3. The standard InChI is InChI=1S/C43H27NS2/c1-2-10-27(11-3-1)28-18-23-39-34(24-28)33-21-19-29(25-41(33)45-39)44-30-20-22-38-42(26-30)46-40-17-9-8-16-37(40)43(38)35-14-6-4-12-31(35)32-13-5-7-15-36(32)43/h1-26,44H. The van der Waals surface area contributed by atoms with Crippen LogP contribution in [0.25, 0.3) is 42.4 Å². The Hall–Kier alpha value is -5.09. The Bertz CT molecular complexity index is 2440. The van der Waals surface area contributed by atoms with Gasteiger partial charge in [0.05, 0.1) is 5.41 Å². The van der Waals surface area contributed by atoms with Crippen molar-refractivity contribution < 1.29 is 0 Å². The highest BCUT2D eigenvalue weighted by molar-refractivity contribution is 7.99. The van der Waals surface area contributed by atoms with Crippen LogP contribution in [0.5, 0.6) is 0 Å². The molecule has 2 heterocycles. The summed E-state index contributed by atoms with van der Waals surface area (Å²) >= 11 is 3.75. The summed E-state index contributed by atoms with van der Waals surface area (Å²) in [5, 5.41) is 6.39. The van der Waals surface area contributed by atoms with Gasteiger partial charge in [0.25, 0.3) is 0 Å². The minimum absolute atomic E-state index is 0.336. The predicted molar refractivity (Wildman–Crippen MR) is 196 cm³/mol. The first-order valence-corrected chi connectivity index (χ1v) is 17.3. The second-order valence-electron chi connectivity index (χ2n) is 12.2. The highest BCUT2D eigenvalue weighted by Gasteiger charge is 2.49. The van der Waals surface area contributed by atoms with Crippen molar-refractivity contribution in [2.75, 3.05) is 5.32 Å². The van der Waals surface area contributed by atoms with Crippen LogP contribution in [0.3, 0.4) is 0 Å². The fraction of sp³-hybridized carbons (Fsp3) is 0.0233. The predicted octanol–water partition coefficient (Wildman–Crippen LogP) is 12.3. The van der Waals surface area contributed by atoms with E-state index >= 15 is 0 Å². The molecule has 8 aromatic rings. The quantitative estimate of drug-likeness (QED) is 0.211. The van der Waals surface area contributed by atoms with E-state index in [0.717, 1.165) is 11.4 Å². The van der Waals surface area contributed by atoms with Crippen LogP contribution in [0.2, 0.25) is 0 Å². The summed E-state index contributed by atoms with van der Waals surface area (Å²) in [6.45, 7) is 0. The van der Waals surface area contributed by atoms with Crippen molar-refractivity contribution in [2.24, 2.45) is 0 Å². The van der Waals surface area contributed by atoms with Gasteiger partial charge in [-0.2, -0.15) is 0 Å². The van der Waals surface area contributed by atoms with Crippen molar-refractivity contribution in [1.29, 1.82) is 0 Å². The molecule has 2 aliphatic rings. The SMILES string of the molecule is c1ccc(-c2ccc3sc4cc(Nc5ccc6c(c5)Sc5ccccc5C65c6ccccc6-c6ccccc65)ccc4c3c2)cc1. The lowest BCUT2D eigenvalue weighted by Gasteiger charge is -2.39. The summed E-state index contributed by atoms with van der Waals surface area (Å²) < 4.78 is 2.61. The largest absolute Gasteiger partial charge is 0.355 e. The van der Waals surface area contributed by atoms with Gasteiger partial charge in [-0.1, -0.05) is 127 Å². The molecule has 10 rings (SSSR count). The Morgan fingerprint density at radius 2 is 1.07 bits per heavy atom. The molecule has 1 aliphatic carbocycles. The number of hydrogen-bond acceptors (Lipinski definition) is 3. The third-order valence-corrected chi connectivity index (χ3v) is 12.0. The van der Waals surface area contributed by atoms with E-state index < -0.39 is 0 Å². The number of thiophene rings is 1. The van der Waals surface area contributed by atoms with Crippen LogP contribution in [0.1, 0.15) is 22.3 Å². The van der Waals surface area contributed by atoms with Gasteiger partial charge in [-0.05, 0) is 87.0 Å². The zero-order valence-corrected chi connectivity index (χ0v) is 26.5. The van der Waals surface area contributed by atoms with E-state index in [-0.39, 0.29) is 5.41 Å². The Balaban J connectivity index is 1.07.